The summed E-state index contributed by atoms with van der Waals surface area (Å²) in [4.78, 5) is 2.56. The number of sulfonamides is 1. The maximum absolute atomic E-state index is 12.5. The van der Waals surface area contributed by atoms with Crippen molar-refractivity contribution in [2.45, 2.75) is 70.0 Å². The van der Waals surface area contributed by atoms with Gasteiger partial charge in [-0.15, -0.1) is 0 Å². The summed E-state index contributed by atoms with van der Waals surface area (Å²) in [6.07, 6.45) is 2.76. The summed E-state index contributed by atoms with van der Waals surface area (Å²) in [5.74, 6) is 0. The van der Waals surface area contributed by atoms with Gasteiger partial charge in [-0.1, -0.05) is 18.6 Å². The third-order valence-electron chi connectivity index (χ3n) is 5.15. The highest BCUT2D eigenvalue weighted by atomic mass is 32.2. The Kier molecular flexibility index (Phi) is 6.42. The van der Waals surface area contributed by atoms with Gasteiger partial charge in [0, 0.05) is 25.2 Å². The number of hydrogen-bond acceptors (Lipinski definition) is 4. The van der Waals surface area contributed by atoms with Crippen LogP contribution in [0.2, 0.25) is 0 Å². The highest BCUT2D eigenvalue weighted by Gasteiger charge is 2.27. The lowest BCUT2D eigenvalue weighted by molar-refractivity contribution is 0.0438. The Morgan fingerprint density at radius 2 is 1.88 bits per heavy atom. The first-order valence-corrected chi connectivity index (χ1v) is 10.2. The number of aliphatic hydroxyl groups is 1. The van der Waals surface area contributed by atoms with E-state index in [4.69, 9.17) is 0 Å². The fourth-order valence-electron chi connectivity index (χ4n) is 3.44. The zero-order valence-corrected chi connectivity index (χ0v) is 15.9. The van der Waals surface area contributed by atoms with E-state index >= 15 is 0 Å². The van der Waals surface area contributed by atoms with Crippen LogP contribution < -0.4 is 4.72 Å². The van der Waals surface area contributed by atoms with E-state index in [9.17, 15) is 13.5 Å². The van der Waals surface area contributed by atoms with Gasteiger partial charge in [0.25, 0.3) is 0 Å². The van der Waals surface area contributed by atoms with Crippen molar-refractivity contribution in [1.29, 1.82) is 0 Å². The molecule has 1 saturated heterocycles. The molecular formula is C18H30N2O3S. The highest BCUT2D eigenvalue weighted by molar-refractivity contribution is 7.89. The number of nitrogens with one attached hydrogen (secondary N) is 1. The van der Waals surface area contributed by atoms with E-state index in [0.29, 0.717) is 18.6 Å². The predicted molar refractivity (Wildman–Crippen MR) is 96.6 cm³/mol. The van der Waals surface area contributed by atoms with Gasteiger partial charge in [0.2, 0.25) is 10.0 Å². The number of hydrogen-bond donors (Lipinski definition) is 2. The van der Waals surface area contributed by atoms with Gasteiger partial charge in [-0.25, -0.2) is 13.1 Å². The fourth-order valence-corrected chi connectivity index (χ4v) is 4.83. The van der Waals surface area contributed by atoms with Crippen LogP contribution in [0.5, 0.6) is 0 Å². The van der Waals surface area contributed by atoms with Gasteiger partial charge in [0.05, 0.1) is 11.0 Å². The van der Waals surface area contributed by atoms with Crippen LogP contribution in [0.25, 0.3) is 0 Å². The Balaban J connectivity index is 1.97. The largest absolute Gasteiger partial charge is 0.390 e. The predicted octanol–water partition coefficient (Wildman–Crippen LogP) is 2.21. The van der Waals surface area contributed by atoms with Crippen LogP contribution in [0.15, 0.2) is 23.1 Å². The van der Waals surface area contributed by atoms with Crippen molar-refractivity contribution in [1.82, 2.24) is 9.62 Å². The van der Waals surface area contributed by atoms with Gasteiger partial charge in [-0.05, 0) is 57.7 Å². The van der Waals surface area contributed by atoms with Crippen LogP contribution in [0.1, 0.15) is 44.2 Å². The lowest BCUT2D eigenvalue weighted by atomic mass is 9.97. The SMILES string of the molecule is Cc1cccc(S(=O)(=O)NCC(O)CN2C(C)CCCC2C)c1C. The van der Waals surface area contributed by atoms with E-state index < -0.39 is 16.1 Å². The smallest absolute Gasteiger partial charge is 0.240 e. The number of β-amino-alcohol motifs (C(OH)–C–C–N with tert-alkyl or cyclic N) is 1. The number of likely N-dealkylation sites (tertiary alicyclic amines) is 1. The molecule has 1 aliphatic rings. The maximum atomic E-state index is 12.5. The second-order valence-corrected chi connectivity index (χ2v) is 8.76. The van der Waals surface area contributed by atoms with Crippen LogP contribution >= 0.6 is 0 Å². The topological polar surface area (TPSA) is 69.6 Å². The summed E-state index contributed by atoms with van der Waals surface area (Å²) in [7, 11) is -3.60. The summed E-state index contributed by atoms with van der Waals surface area (Å²) in [5, 5.41) is 10.3. The third-order valence-corrected chi connectivity index (χ3v) is 6.72. The number of piperidine rings is 1. The molecule has 1 aromatic carbocycles. The molecule has 3 unspecified atom stereocenters. The standard InChI is InChI=1S/C18H30N2O3S/c1-13-7-5-10-18(16(13)4)24(22,23)19-11-17(21)12-20-14(2)8-6-9-15(20)3/h5,7,10,14-15,17,19,21H,6,8-9,11-12H2,1-4H3. The Labute approximate surface area is 146 Å². The lowest BCUT2D eigenvalue weighted by Gasteiger charge is -2.40. The zero-order chi connectivity index (χ0) is 17.9. The minimum atomic E-state index is -3.60. The van der Waals surface area contributed by atoms with Gasteiger partial charge in [-0.3, -0.25) is 4.90 Å². The molecule has 2 N–H and O–H groups in total. The van der Waals surface area contributed by atoms with Crippen molar-refractivity contribution >= 4 is 10.0 Å². The van der Waals surface area contributed by atoms with Crippen molar-refractivity contribution in [3.63, 3.8) is 0 Å². The van der Waals surface area contributed by atoms with Crippen molar-refractivity contribution in [3.05, 3.63) is 29.3 Å². The minimum Gasteiger partial charge on any atom is -0.390 e. The molecule has 0 amide bonds. The second-order valence-electron chi connectivity index (χ2n) is 7.03. The molecule has 0 aromatic heterocycles. The minimum absolute atomic E-state index is 0.0334. The monoisotopic (exact) mass is 354 g/mol. The first-order chi connectivity index (χ1) is 11.2. The zero-order valence-electron chi connectivity index (χ0n) is 15.1. The Morgan fingerprint density at radius 1 is 1.25 bits per heavy atom. The fraction of sp³-hybridized carbons (Fsp3) is 0.667. The van der Waals surface area contributed by atoms with Gasteiger partial charge in [0.15, 0.2) is 0 Å². The Hall–Kier alpha value is -0.950. The molecular weight excluding hydrogens is 324 g/mol. The molecule has 0 spiro atoms. The average Bonchev–Trinajstić information content (AvgIpc) is 2.52. The molecule has 0 bridgehead atoms. The van der Waals surface area contributed by atoms with Crippen LogP contribution in [0, 0.1) is 13.8 Å². The number of aliphatic hydroxyl groups excluding tert-OH is 1. The van der Waals surface area contributed by atoms with Crippen molar-refractivity contribution in [2.75, 3.05) is 13.1 Å². The normalized spacial score (nSPS) is 24.0. The summed E-state index contributed by atoms with van der Waals surface area (Å²) in [5.41, 5.74) is 1.69. The van der Waals surface area contributed by atoms with Crippen LogP contribution in [-0.2, 0) is 10.0 Å². The quantitative estimate of drug-likeness (QED) is 0.822. The van der Waals surface area contributed by atoms with Gasteiger partial charge in [-0.2, -0.15) is 0 Å². The maximum Gasteiger partial charge on any atom is 0.240 e. The average molecular weight is 355 g/mol. The number of benzene rings is 1. The van der Waals surface area contributed by atoms with Gasteiger partial charge < -0.3 is 5.11 Å². The number of nitrogens with zero attached hydrogens (tertiary/aromatic N) is 1. The van der Waals surface area contributed by atoms with Gasteiger partial charge in [0.1, 0.15) is 0 Å². The van der Waals surface area contributed by atoms with E-state index in [1.807, 2.05) is 13.0 Å². The molecule has 1 heterocycles. The second kappa shape index (κ2) is 7.95. The van der Waals surface area contributed by atoms with E-state index in [1.165, 1.54) is 6.42 Å². The summed E-state index contributed by atoms with van der Waals surface area (Å²) < 4.78 is 27.5. The molecule has 136 valence electrons. The molecule has 0 saturated carbocycles. The third kappa shape index (κ3) is 4.57. The van der Waals surface area contributed by atoms with E-state index in [-0.39, 0.29) is 11.4 Å². The Morgan fingerprint density at radius 3 is 2.50 bits per heavy atom. The molecule has 1 aliphatic heterocycles. The first kappa shape index (κ1) is 19.4. The molecule has 1 aromatic rings. The van der Waals surface area contributed by atoms with Crippen LogP contribution in [-0.4, -0.2) is 49.7 Å². The number of aryl methyl sites for hydroxylation is 1. The van der Waals surface area contributed by atoms with Crippen molar-refractivity contribution in [3.8, 4) is 0 Å². The lowest BCUT2D eigenvalue weighted by Crippen LogP contribution is -2.49. The van der Waals surface area contributed by atoms with E-state index in [0.717, 1.165) is 24.0 Å². The molecule has 24 heavy (non-hydrogen) atoms. The van der Waals surface area contributed by atoms with E-state index in [1.54, 1.807) is 19.1 Å². The molecule has 2 rings (SSSR count). The first-order valence-electron chi connectivity index (χ1n) is 8.72. The summed E-state index contributed by atoms with van der Waals surface area (Å²) in [6, 6.07) is 6.09. The van der Waals surface area contributed by atoms with Crippen LogP contribution in [0.4, 0.5) is 0 Å². The molecule has 5 nitrogen and oxygen atoms in total. The van der Waals surface area contributed by atoms with Crippen molar-refractivity contribution in [2.24, 2.45) is 0 Å². The van der Waals surface area contributed by atoms with E-state index in [2.05, 4.69) is 23.5 Å². The van der Waals surface area contributed by atoms with Gasteiger partial charge >= 0.3 is 0 Å². The summed E-state index contributed by atoms with van der Waals surface area (Å²) in [6.45, 7) is 8.56. The highest BCUT2D eigenvalue weighted by Crippen LogP contribution is 2.22. The Bertz CT molecular complexity index is 650. The molecule has 6 heteroatoms. The summed E-state index contributed by atoms with van der Waals surface area (Å²) >= 11 is 0. The number of rotatable bonds is 6. The molecule has 1 fully saturated rings. The molecule has 0 aliphatic carbocycles. The molecule has 0 radical (unpaired) electrons. The van der Waals surface area contributed by atoms with Crippen molar-refractivity contribution < 1.29 is 13.5 Å². The van der Waals surface area contributed by atoms with Crippen LogP contribution in [0.3, 0.4) is 0 Å². The molecule has 3 atom stereocenters.